The van der Waals surface area contributed by atoms with Crippen molar-refractivity contribution < 1.29 is 23.4 Å². The van der Waals surface area contributed by atoms with Gasteiger partial charge in [0.25, 0.3) is 10.2 Å². The molecule has 7 nitrogen and oxygen atoms in total. The molecule has 0 aliphatic rings. The summed E-state index contributed by atoms with van der Waals surface area (Å²) in [6.45, 7) is 3.91. The van der Waals surface area contributed by atoms with Crippen molar-refractivity contribution in [3.05, 3.63) is 23.8 Å². The number of carboxylic acids is 1. The van der Waals surface area contributed by atoms with Crippen LogP contribution in [-0.4, -0.2) is 31.1 Å². The fraction of sp³-hybridized carbons (Fsp3) is 0.364. The standard InChI is InChI=1S/C11H16N2O5S/c1-7(2)6-12-19(17,18)13-9-5-8(11(15)16)3-4-10(9)14/h3-5,7,12-14H,6H2,1-2H3,(H,15,16). The summed E-state index contributed by atoms with van der Waals surface area (Å²) in [5.41, 5.74) is -0.310. The van der Waals surface area contributed by atoms with Crippen LogP contribution in [0.2, 0.25) is 0 Å². The molecule has 0 unspecified atom stereocenters. The van der Waals surface area contributed by atoms with Crippen molar-refractivity contribution in [2.45, 2.75) is 13.8 Å². The van der Waals surface area contributed by atoms with Crippen LogP contribution < -0.4 is 9.44 Å². The molecular formula is C11H16N2O5S. The van der Waals surface area contributed by atoms with E-state index in [4.69, 9.17) is 5.11 Å². The first-order valence-electron chi connectivity index (χ1n) is 5.55. The van der Waals surface area contributed by atoms with Crippen molar-refractivity contribution >= 4 is 21.9 Å². The highest BCUT2D eigenvalue weighted by atomic mass is 32.2. The molecule has 1 rings (SSSR count). The van der Waals surface area contributed by atoms with Crippen LogP contribution in [0.25, 0.3) is 0 Å². The zero-order chi connectivity index (χ0) is 14.6. The van der Waals surface area contributed by atoms with Crippen molar-refractivity contribution in [1.82, 2.24) is 4.72 Å². The average Bonchev–Trinajstić information content (AvgIpc) is 2.29. The van der Waals surface area contributed by atoms with E-state index >= 15 is 0 Å². The third kappa shape index (κ3) is 4.76. The smallest absolute Gasteiger partial charge is 0.335 e. The highest BCUT2D eigenvalue weighted by molar-refractivity contribution is 7.90. The number of rotatable bonds is 6. The zero-order valence-corrected chi connectivity index (χ0v) is 11.4. The van der Waals surface area contributed by atoms with Crippen molar-refractivity contribution in [2.75, 3.05) is 11.3 Å². The fourth-order valence-corrected chi connectivity index (χ4v) is 2.29. The SMILES string of the molecule is CC(C)CNS(=O)(=O)Nc1cc(C(=O)O)ccc1O. The maximum Gasteiger partial charge on any atom is 0.335 e. The van der Waals surface area contributed by atoms with Crippen molar-refractivity contribution in [3.8, 4) is 5.75 Å². The molecule has 0 aromatic heterocycles. The summed E-state index contributed by atoms with van der Waals surface area (Å²) < 4.78 is 27.7. The summed E-state index contributed by atoms with van der Waals surface area (Å²) in [5.74, 6) is -1.44. The van der Waals surface area contributed by atoms with Gasteiger partial charge in [-0.05, 0) is 24.1 Å². The predicted octanol–water partition coefficient (Wildman–Crippen LogP) is 0.993. The van der Waals surface area contributed by atoms with E-state index < -0.39 is 16.2 Å². The number of benzene rings is 1. The Morgan fingerprint density at radius 2 is 2.00 bits per heavy atom. The molecule has 0 spiro atoms. The van der Waals surface area contributed by atoms with Gasteiger partial charge in [-0.25, -0.2) is 4.79 Å². The number of aromatic hydroxyl groups is 1. The third-order valence-corrected chi connectivity index (χ3v) is 3.20. The van der Waals surface area contributed by atoms with Gasteiger partial charge in [-0.15, -0.1) is 0 Å². The lowest BCUT2D eigenvalue weighted by Gasteiger charge is -2.12. The molecule has 1 aromatic carbocycles. The van der Waals surface area contributed by atoms with Crippen LogP contribution >= 0.6 is 0 Å². The molecule has 0 fully saturated rings. The molecule has 0 saturated carbocycles. The Bertz CT molecular complexity index is 568. The Balaban J connectivity index is 2.92. The number of hydrogen-bond donors (Lipinski definition) is 4. The lowest BCUT2D eigenvalue weighted by atomic mass is 10.2. The summed E-state index contributed by atoms with van der Waals surface area (Å²) in [6.07, 6.45) is 0. The number of phenolic OH excluding ortho intramolecular Hbond substituents is 1. The van der Waals surface area contributed by atoms with Gasteiger partial charge >= 0.3 is 5.97 Å². The van der Waals surface area contributed by atoms with E-state index in [1.165, 1.54) is 6.07 Å². The largest absolute Gasteiger partial charge is 0.506 e. The van der Waals surface area contributed by atoms with E-state index in [0.29, 0.717) is 0 Å². The average molecular weight is 288 g/mol. The Labute approximate surface area is 111 Å². The number of hydrogen-bond acceptors (Lipinski definition) is 4. The minimum absolute atomic E-state index is 0.121. The second kappa shape index (κ2) is 5.89. The lowest BCUT2D eigenvalue weighted by molar-refractivity contribution is 0.0697. The Kier molecular flexibility index (Phi) is 4.73. The van der Waals surface area contributed by atoms with E-state index in [0.717, 1.165) is 12.1 Å². The van der Waals surface area contributed by atoms with Crippen LogP contribution in [0.4, 0.5) is 5.69 Å². The van der Waals surface area contributed by atoms with Gasteiger partial charge in [-0.2, -0.15) is 13.1 Å². The van der Waals surface area contributed by atoms with Crippen LogP contribution in [0, 0.1) is 5.92 Å². The number of nitrogens with one attached hydrogen (secondary N) is 2. The minimum Gasteiger partial charge on any atom is -0.506 e. The summed E-state index contributed by atoms with van der Waals surface area (Å²) >= 11 is 0. The molecule has 0 saturated heterocycles. The molecule has 8 heteroatoms. The molecule has 1 aromatic rings. The van der Waals surface area contributed by atoms with Gasteiger partial charge < -0.3 is 10.2 Å². The molecule has 0 bridgehead atoms. The second-order valence-electron chi connectivity index (χ2n) is 4.38. The summed E-state index contributed by atoms with van der Waals surface area (Å²) in [6, 6.07) is 3.34. The van der Waals surface area contributed by atoms with E-state index in [2.05, 4.69) is 9.44 Å². The summed E-state index contributed by atoms with van der Waals surface area (Å²) in [5, 5.41) is 18.3. The lowest BCUT2D eigenvalue weighted by Crippen LogP contribution is -2.32. The van der Waals surface area contributed by atoms with Crippen LogP contribution in [0.3, 0.4) is 0 Å². The maximum absolute atomic E-state index is 11.7. The van der Waals surface area contributed by atoms with Gasteiger partial charge in [0, 0.05) is 6.54 Å². The number of carboxylic acid groups (broad SMARTS) is 1. The molecule has 0 radical (unpaired) electrons. The minimum atomic E-state index is -3.85. The monoisotopic (exact) mass is 288 g/mol. The van der Waals surface area contributed by atoms with Gasteiger partial charge in [-0.1, -0.05) is 13.8 Å². The fourth-order valence-electron chi connectivity index (χ4n) is 1.21. The van der Waals surface area contributed by atoms with Gasteiger partial charge in [-0.3, -0.25) is 4.72 Å². The number of aromatic carboxylic acids is 1. The molecule has 0 atom stereocenters. The maximum atomic E-state index is 11.7. The number of carbonyl (C=O) groups is 1. The van der Waals surface area contributed by atoms with Crippen molar-refractivity contribution in [1.29, 1.82) is 0 Å². The molecule has 0 amide bonds. The van der Waals surface area contributed by atoms with Crippen LogP contribution in [0.1, 0.15) is 24.2 Å². The topological polar surface area (TPSA) is 116 Å². The summed E-state index contributed by atoms with van der Waals surface area (Å²) in [4.78, 5) is 10.8. The molecule has 106 valence electrons. The Hall–Kier alpha value is -1.80. The molecule has 0 aliphatic carbocycles. The van der Waals surface area contributed by atoms with Gasteiger partial charge in [0.05, 0.1) is 11.3 Å². The first-order chi connectivity index (χ1) is 8.71. The Morgan fingerprint density at radius 1 is 1.37 bits per heavy atom. The van der Waals surface area contributed by atoms with E-state index in [1.807, 2.05) is 13.8 Å². The van der Waals surface area contributed by atoms with Gasteiger partial charge in [0.1, 0.15) is 5.75 Å². The van der Waals surface area contributed by atoms with Crippen molar-refractivity contribution in [2.24, 2.45) is 5.92 Å². The third-order valence-electron chi connectivity index (χ3n) is 2.17. The van der Waals surface area contributed by atoms with Gasteiger partial charge in [0.2, 0.25) is 0 Å². The molecular weight excluding hydrogens is 272 g/mol. The molecule has 0 heterocycles. The van der Waals surface area contributed by atoms with E-state index in [9.17, 15) is 18.3 Å². The number of phenols is 1. The van der Waals surface area contributed by atoms with E-state index in [1.54, 1.807) is 0 Å². The van der Waals surface area contributed by atoms with Crippen LogP contribution in [0.5, 0.6) is 5.75 Å². The summed E-state index contributed by atoms with van der Waals surface area (Å²) in [7, 11) is -3.85. The predicted molar refractivity (Wildman–Crippen MR) is 70.4 cm³/mol. The first-order valence-corrected chi connectivity index (χ1v) is 7.03. The Morgan fingerprint density at radius 3 is 2.53 bits per heavy atom. The quantitative estimate of drug-likeness (QED) is 0.583. The highest BCUT2D eigenvalue weighted by Gasteiger charge is 2.14. The van der Waals surface area contributed by atoms with Crippen molar-refractivity contribution in [3.63, 3.8) is 0 Å². The van der Waals surface area contributed by atoms with Crippen LogP contribution in [-0.2, 0) is 10.2 Å². The number of anilines is 1. The normalized spacial score (nSPS) is 11.5. The first kappa shape index (κ1) is 15.3. The van der Waals surface area contributed by atoms with E-state index in [-0.39, 0.29) is 29.5 Å². The molecule has 0 aliphatic heterocycles. The van der Waals surface area contributed by atoms with Crippen LogP contribution in [0.15, 0.2) is 18.2 Å². The molecule has 19 heavy (non-hydrogen) atoms. The second-order valence-corrected chi connectivity index (χ2v) is 5.88. The highest BCUT2D eigenvalue weighted by Crippen LogP contribution is 2.24. The van der Waals surface area contributed by atoms with Gasteiger partial charge in [0.15, 0.2) is 0 Å². The molecule has 4 N–H and O–H groups in total. The zero-order valence-electron chi connectivity index (χ0n) is 10.5.